The molecule has 2 amide bonds. The maximum absolute atomic E-state index is 12.6. The summed E-state index contributed by atoms with van der Waals surface area (Å²) in [6.45, 7) is 9.86. The molecule has 6 heteroatoms. The second kappa shape index (κ2) is 9.87. The van der Waals surface area contributed by atoms with Gasteiger partial charge in [0.1, 0.15) is 0 Å². The fraction of sp³-hybridized carbons (Fsp3) is 0.905. The number of carbonyl (C=O) groups is 2. The Labute approximate surface area is 164 Å². The van der Waals surface area contributed by atoms with E-state index in [1.165, 1.54) is 25.7 Å². The van der Waals surface area contributed by atoms with Crippen LogP contribution in [-0.2, 0) is 9.59 Å². The third-order valence-electron chi connectivity index (χ3n) is 6.77. The molecule has 0 bridgehead atoms. The number of amides is 2. The number of nitrogens with zero attached hydrogens (tertiary/aromatic N) is 3. The van der Waals surface area contributed by atoms with Gasteiger partial charge in [0.2, 0.25) is 11.8 Å². The van der Waals surface area contributed by atoms with Crippen molar-refractivity contribution >= 4 is 11.8 Å². The minimum atomic E-state index is 0.167. The molecule has 1 N–H and O–H groups in total. The van der Waals surface area contributed by atoms with E-state index >= 15 is 0 Å². The van der Waals surface area contributed by atoms with Gasteiger partial charge in [-0.3, -0.25) is 19.4 Å². The molecule has 3 atom stereocenters. The molecule has 27 heavy (non-hydrogen) atoms. The van der Waals surface area contributed by atoms with Crippen LogP contribution in [0.25, 0.3) is 0 Å². The van der Waals surface area contributed by atoms with Gasteiger partial charge < -0.3 is 10.2 Å². The Kier molecular flexibility index (Phi) is 7.53. The van der Waals surface area contributed by atoms with Gasteiger partial charge in [0.25, 0.3) is 0 Å². The quantitative estimate of drug-likeness (QED) is 0.791. The van der Waals surface area contributed by atoms with Crippen LogP contribution in [0.4, 0.5) is 0 Å². The standard InChI is InChI=1S/C21H38N4O2/c1-17-7-3-4-9-19(17)22-20(26)15-23-11-13-24(14-12-23)16-21(27)25-10-6-5-8-18(25)2/h17-19H,3-16H2,1-2H3,(H,22,26). The average molecular weight is 379 g/mol. The van der Waals surface area contributed by atoms with Gasteiger partial charge in [-0.25, -0.2) is 0 Å². The van der Waals surface area contributed by atoms with Gasteiger partial charge >= 0.3 is 0 Å². The van der Waals surface area contributed by atoms with E-state index in [0.29, 0.717) is 31.1 Å². The van der Waals surface area contributed by atoms with Gasteiger partial charge in [-0.2, -0.15) is 0 Å². The Bertz CT molecular complexity index is 504. The Hall–Kier alpha value is -1.14. The van der Waals surface area contributed by atoms with Crippen LogP contribution < -0.4 is 5.32 Å². The van der Waals surface area contributed by atoms with E-state index in [1.807, 2.05) is 0 Å². The molecule has 3 fully saturated rings. The number of carbonyl (C=O) groups excluding carboxylic acids is 2. The lowest BCUT2D eigenvalue weighted by Crippen LogP contribution is -2.54. The second-order valence-corrected chi connectivity index (χ2v) is 8.92. The molecule has 0 spiro atoms. The van der Waals surface area contributed by atoms with E-state index in [2.05, 4.69) is 33.9 Å². The molecule has 0 aromatic rings. The summed E-state index contributed by atoms with van der Waals surface area (Å²) >= 11 is 0. The molecule has 0 aromatic heterocycles. The van der Waals surface area contributed by atoms with Gasteiger partial charge in [-0.1, -0.05) is 19.8 Å². The number of nitrogens with one attached hydrogen (secondary N) is 1. The van der Waals surface area contributed by atoms with Crippen molar-refractivity contribution in [2.45, 2.75) is 70.9 Å². The normalized spacial score (nSPS) is 30.9. The summed E-state index contributed by atoms with van der Waals surface area (Å²) in [5.41, 5.74) is 0. The Morgan fingerprint density at radius 3 is 2.11 bits per heavy atom. The largest absolute Gasteiger partial charge is 0.352 e. The number of likely N-dealkylation sites (tertiary alicyclic amines) is 1. The van der Waals surface area contributed by atoms with Crippen molar-refractivity contribution in [3.8, 4) is 0 Å². The molecule has 0 aromatic carbocycles. The number of hydrogen-bond acceptors (Lipinski definition) is 4. The third-order valence-corrected chi connectivity index (χ3v) is 6.77. The summed E-state index contributed by atoms with van der Waals surface area (Å²) in [6, 6.07) is 0.745. The maximum atomic E-state index is 12.6. The van der Waals surface area contributed by atoms with Crippen LogP contribution in [0, 0.1) is 5.92 Å². The molecule has 3 unspecified atom stereocenters. The van der Waals surface area contributed by atoms with Crippen LogP contribution in [0.5, 0.6) is 0 Å². The van der Waals surface area contributed by atoms with Crippen molar-refractivity contribution < 1.29 is 9.59 Å². The molecule has 2 heterocycles. The lowest BCUT2D eigenvalue weighted by molar-refractivity contribution is -0.136. The van der Waals surface area contributed by atoms with E-state index in [1.54, 1.807) is 0 Å². The Balaban J connectivity index is 1.36. The molecule has 1 aliphatic carbocycles. The molecular formula is C21H38N4O2. The van der Waals surface area contributed by atoms with Crippen molar-refractivity contribution in [1.29, 1.82) is 0 Å². The van der Waals surface area contributed by atoms with E-state index in [-0.39, 0.29) is 11.8 Å². The van der Waals surface area contributed by atoms with Gasteiger partial charge in [-0.15, -0.1) is 0 Å². The first-order chi connectivity index (χ1) is 13.0. The average Bonchev–Trinajstić information content (AvgIpc) is 2.65. The number of piperidine rings is 1. The van der Waals surface area contributed by atoms with Crippen molar-refractivity contribution in [2.24, 2.45) is 5.92 Å². The van der Waals surface area contributed by atoms with Crippen LogP contribution in [-0.4, -0.2) is 84.4 Å². The smallest absolute Gasteiger partial charge is 0.236 e. The van der Waals surface area contributed by atoms with Gasteiger partial charge in [0.15, 0.2) is 0 Å². The summed E-state index contributed by atoms with van der Waals surface area (Å²) in [6.07, 6.45) is 8.39. The lowest BCUT2D eigenvalue weighted by Gasteiger charge is -2.38. The highest BCUT2D eigenvalue weighted by atomic mass is 16.2. The Morgan fingerprint density at radius 1 is 0.815 bits per heavy atom. The van der Waals surface area contributed by atoms with Crippen molar-refractivity contribution in [3.05, 3.63) is 0 Å². The maximum Gasteiger partial charge on any atom is 0.236 e. The SMILES string of the molecule is CC1CCCCC1NC(=O)CN1CCN(CC(=O)N2CCCCC2C)CC1. The fourth-order valence-electron chi connectivity index (χ4n) is 4.84. The van der Waals surface area contributed by atoms with Crippen molar-refractivity contribution in [1.82, 2.24) is 20.0 Å². The van der Waals surface area contributed by atoms with Gasteiger partial charge in [-0.05, 0) is 44.9 Å². The molecule has 2 saturated heterocycles. The number of rotatable bonds is 5. The molecule has 0 radical (unpaired) electrons. The molecule has 6 nitrogen and oxygen atoms in total. The third kappa shape index (κ3) is 5.92. The monoisotopic (exact) mass is 378 g/mol. The zero-order valence-corrected chi connectivity index (χ0v) is 17.3. The lowest BCUT2D eigenvalue weighted by atomic mass is 9.86. The first-order valence-electron chi connectivity index (χ1n) is 11.1. The summed E-state index contributed by atoms with van der Waals surface area (Å²) in [7, 11) is 0. The van der Waals surface area contributed by atoms with E-state index in [0.717, 1.165) is 52.0 Å². The number of piperazine rings is 1. The summed E-state index contributed by atoms with van der Waals surface area (Å²) in [5.74, 6) is 1.04. The van der Waals surface area contributed by atoms with Gasteiger partial charge in [0, 0.05) is 44.8 Å². The highest BCUT2D eigenvalue weighted by Crippen LogP contribution is 2.23. The molecule has 3 rings (SSSR count). The molecule has 3 aliphatic rings. The van der Waals surface area contributed by atoms with Crippen LogP contribution >= 0.6 is 0 Å². The zero-order valence-electron chi connectivity index (χ0n) is 17.3. The van der Waals surface area contributed by atoms with Crippen molar-refractivity contribution in [3.63, 3.8) is 0 Å². The Morgan fingerprint density at radius 2 is 1.44 bits per heavy atom. The van der Waals surface area contributed by atoms with Gasteiger partial charge in [0.05, 0.1) is 13.1 Å². The minimum Gasteiger partial charge on any atom is -0.352 e. The highest BCUT2D eigenvalue weighted by molar-refractivity contribution is 5.79. The van der Waals surface area contributed by atoms with Crippen LogP contribution in [0.1, 0.15) is 58.8 Å². The molecule has 154 valence electrons. The molecule has 2 aliphatic heterocycles. The van der Waals surface area contributed by atoms with E-state index < -0.39 is 0 Å². The van der Waals surface area contributed by atoms with E-state index in [4.69, 9.17) is 0 Å². The highest BCUT2D eigenvalue weighted by Gasteiger charge is 2.27. The molecule has 1 saturated carbocycles. The van der Waals surface area contributed by atoms with Crippen LogP contribution in [0.3, 0.4) is 0 Å². The minimum absolute atomic E-state index is 0.167. The van der Waals surface area contributed by atoms with E-state index in [9.17, 15) is 9.59 Å². The van der Waals surface area contributed by atoms with Crippen molar-refractivity contribution in [2.75, 3.05) is 45.8 Å². The van der Waals surface area contributed by atoms with Crippen LogP contribution in [0.2, 0.25) is 0 Å². The molecular weight excluding hydrogens is 340 g/mol. The second-order valence-electron chi connectivity index (χ2n) is 8.92. The first kappa shape index (κ1) is 20.6. The summed E-state index contributed by atoms with van der Waals surface area (Å²) in [5, 5.41) is 3.25. The first-order valence-corrected chi connectivity index (χ1v) is 11.1. The predicted molar refractivity (Wildman–Crippen MR) is 107 cm³/mol. The fourth-order valence-corrected chi connectivity index (χ4v) is 4.84. The zero-order chi connectivity index (χ0) is 19.2. The topological polar surface area (TPSA) is 55.9 Å². The number of hydrogen-bond donors (Lipinski definition) is 1. The predicted octanol–water partition coefficient (Wildman–Crippen LogP) is 1.70. The summed E-state index contributed by atoms with van der Waals surface area (Å²) < 4.78 is 0. The summed E-state index contributed by atoms with van der Waals surface area (Å²) in [4.78, 5) is 31.5. The van der Waals surface area contributed by atoms with Crippen LogP contribution in [0.15, 0.2) is 0 Å².